The molecule has 1 aromatic carbocycles. The van der Waals surface area contributed by atoms with Gasteiger partial charge in [-0.15, -0.1) is 10.2 Å². The third-order valence-corrected chi connectivity index (χ3v) is 4.29. The third-order valence-electron chi connectivity index (χ3n) is 3.23. The van der Waals surface area contributed by atoms with Gasteiger partial charge in [0.15, 0.2) is 10.9 Å². The monoisotopic (exact) mass is 328 g/mol. The predicted octanol–water partition coefficient (Wildman–Crippen LogP) is 3.37. The van der Waals surface area contributed by atoms with Crippen molar-refractivity contribution in [1.82, 2.24) is 14.8 Å². The topological polar surface area (TPSA) is 73.0 Å². The Morgan fingerprint density at radius 2 is 2.04 bits per heavy atom. The van der Waals surface area contributed by atoms with Crippen molar-refractivity contribution in [2.45, 2.75) is 23.4 Å². The fraction of sp³-hybridized carbons (Fsp3) is 0.188. The lowest BCUT2D eigenvalue weighted by Crippen LogP contribution is -2.10. The van der Waals surface area contributed by atoms with Gasteiger partial charge in [-0.3, -0.25) is 4.79 Å². The number of carbonyl (C=O) groups excluding carboxylic acids is 1. The van der Waals surface area contributed by atoms with E-state index in [1.54, 1.807) is 12.4 Å². The molecule has 0 aliphatic carbocycles. The molecule has 1 amide bonds. The summed E-state index contributed by atoms with van der Waals surface area (Å²) in [6.45, 7) is 1.98. The molecule has 3 aromatic rings. The molecular weight excluding hydrogens is 312 g/mol. The van der Waals surface area contributed by atoms with Gasteiger partial charge in [0.1, 0.15) is 12.1 Å². The largest absolute Gasteiger partial charge is 0.456 e. The van der Waals surface area contributed by atoms with Crippen molar-refractivity contribution in [2.75, 3.05) is 5.32 Å². The van der Waals surface area contributed by atoms with Crippen LogP contribution < -0.4 is 5.32 Å². The van der Waals surface area contributed by atoms with Crippen LogP contribution in [0.15, 0.2) is 57.2 Å². The van der Waals surface area contributed by atoms with E-state index in [9.17, 15) is 4.79 Å². The molecule has 2 aromatic heterocycles. The molecule has 0 unspecified atom stereocenters. The standard InChI is InChI=1S/C16H16N4O2S/c1-3-12-6-9-14(22-12)15(21)18-11-4-7-13(8-5-11)23-16-19-17-10-20(16)2/h4-10H,3H2,1-2H3,(H,18,21). The molecule has 23 heavy (non-hydrogen) atoms. The highest BCUT2D eigenvalue weighted by molar-refractivity contribution is 7.99. The van der Waals surface area contributed by atoms with Crippen LogP contribution >= 0.6 is 11.8 Å². The summed E-state index contributed by atoms with van der Waals surface area (Å²) in [6, 6.07) is 11.0. The van der Waals surface area contributed by atoms with Gasteiger partial charge < -0.3 is 14.3 Å². The van der Waals surface area contributed by atoms with Crippen LogP contribution in [0, 0.1) is 0 Å². The molecule has 0 atom stereocenters. The van der Waals surface area contributed by atoms with E-state index in [-0.39, 0.29) is 5.91 Å². The SMILES string of the molecule is CCc1ccc(C(=O)Nc2ccc(Sc3nncn3C)cc2)o1. The first kappa shape index (κ1) is 15.4. The van der Waals surface area contributed by atoms with Gasteiger partial charge in [0.2, 0.25) is 0 Å². The number of benzene rings is 1. The van der Waals surface area contributed by atoms with E-state index in [4.69, 9.17) is 4.42 Å². The normalized spacial score (nSPS) is 10.7. The zero-order chi connectivity index (χ0) is 16.2. The zero-order valence-corrected chi connectivity index (χ0v) is 13.6. The Bertz CT molecular complexity index is 808. The zero-order valence-electron chi connectivity index (χ0n) is 12.8. The highest BCUT2D eigenvalue weighted by Crippen LogP contribution is 2.26. The van der Waals surface area contributed by atoms with Crippen molar-refractivity contribution in [3.05, 3.63) is 54.2 Å². The van der Waals surface area contributed by atoms with Gasteiger partial charge in [0.25, 0.3) is 5.91 Å². The molecule has 0 aliphatic heterocycles. The van der Waals surface area contributed by atoms with Crippen LogP contribution in [-0.2, 0) is 13.5 Å². The lowest BCUT2D eigenvalue weighted by atomic mass is 10.3. The summed E-state index contributed by atoms with van der Waals surface area (Å²) < 4.78 is 7.29. The molecule has 3 rings (SSSR count). The molecule has 118 valence electrons. The van der Waals surface area contributed by atoms with Crippen LogP contribution in [0.3, 0.4) is 0 Å². The van der Waals surface area contributed by atoms with Gasteiger partial charge in [0.05, 0.1) is 0 Å². The Balaban J connectivity index is 1.65. The predicted molar refractivity (Wildman–Crippen MR) is 87.6 cm³/mol. The molecule has 2 heterocycles. The van der Waals surface area contributed by atoms with Crippen LogP contribution in [0.4, 0.5) is 5.69 Å². The molecule has 7 heteroatoms. The molecule has 0 spiro atoms. The molecule has 1 N–H and O–H groups in total. The Morgan fingerprint density at radius 3 is 2.65 bits per heavy atom. The van der Waals surface area contributed by atoms with Crippen molar-refractivity contribution in [2.24, 2.45) is 7.05 Å². The smallest absolute Gasteiger partial charge is 0.291 e. The maximum Gasteiger partial charge on any atom is 0.291 e. The molecule has 6 nitrogen and oxygen atoms in total. The second-order valence-electron chi connectivity index (χ2n) is 4.92. The fourth-order valence-electron chi connectivity index (χ4n) is 1.96. The maximum atomic E-state index is 12.1. The van der Waals surface area contributed by atoms with Gasteiger partial charge in [-0.2, -0.15) is 0 Å². The van der Waals surface area contributed by atoms with Crippen LogP contribution in [0.1, 0.15) is 23.2 Å². The number of amides is 1. The number of hydrogen-bond donors (Lipinski definition) is 1. The molecular formula is C16H16N4O2S. The van der Waals surface area contributed by atoms with E-state index in [0.29, 0.717) is 11.4 Å². The Labute approximate surface area is 137 Å². The van der Waals surface area contributed by atoms with Gasteiger partial charge in [-0.25, -0.2) is 0 Å². The molecule has 0 saturated heterocycles. The first-order valence-corrected chi connectivity index (χ1v) is 7.99. The lowest BCUT2D eigenvalue weighted by Gasteiger charge is -2.05. The Morgan fingerprint density at radius 1 is 1.26 bits per heavy atom. The van der Waals surface area contributed by atoms with Gasteiger partial charge in [0, 0.05) is 24.1 Å². The van der Waals surface area contributed by atoms with Crippen LogP contribution in [-0.4, -0.2) is 20.7 Å². The first-order chi connectivity index (χ1) is 11.2. The van der Waals surface area contributed by atoms with Gasteiger partial charge >= 0.3 is 0 Å². The molecule has 0 radical (unpaired) electrons. The Hall–Kier alpha value is -2.54. The fourth-order valence-corrected chi connectivity index (χ4v) is 2.72. The van der Waals surface area contributed by atoms with Crippen LogP contribution in [0.25, 0.3) is 0 Å². The number of nitrogens with one attached hydrogen (secondary N) is 1. The number of aryl methyl sites for hydroxylation is 2. The van der Waals surface area contributed by atoms with E-state index in [2.05, 4.69) is 15.5 Å². The van der Waals surface area contributed by atoms with E-state index < -0.39 is 0 Å². The van der Waals surface area contributed by atoms with E-state index in [1.165, 1.54) is 11.8 Å². The minimum absolute atomic E-state index is 0.251. The molecule has 0 bridgehead atoms. The van der Waals surface area contributed by atoms with E-state index >= 15 is 0 Å². The van der Waals surface area contributed by atoms with Gasteiger partial charge in [-0.05, 0) is 48.2 Å². The summed E-state index contributed by atoms with van der Waals surface area (Å²) in [5.74, 6) is 0.864. The summed E-state index contributed by atoms with van der Waals surface area (Å²) in [7, 11) is 1.89. The highest BCUT2D eigenvalue weighted by atomic mass is 32.2. The second kappa shape index (κ2) is 6.70. The number of hydrogen-bond acceptors (Lipinski definition) is 5. The van der Waals surface area contributed by atoms with Crippen molar-refractivity contribution in [3.8, 4) is 0 Å². The minimum atomic E-state index is -0.251. The van der Waals surface area contributed by atoms with Crippen LogP contribution in [0.5, 0.6) is 0 Å². The lowest BCUT2D eigenvalue weighted by molar-refractivity contribution is 0.0995. The van der Waals surface area contributed by atoms with Crippen molar-refractivity contribution < 1.29 is 9.21 Å². The molecule has 0 saturated carbocycles. The third kappa shape index (κ3) is 3.62. The average molecular weight is 328 g/mol. The number of nitrogens with zero attached hydrogens (tertiary/aromatic N) is 3. The Kier molecular flexibility index (Phi) is 4.47. The van der Waals surface area contributed by atoms with Crippen molar-refractivity contribution in [3.63, 3.8) is 0 Å². The number of carbonyl (C=O) groups is 1. The van der Waals surface area contributed by atoms with Crippen molar-refractivity contribution in [1.29, 1.82) is 0 Å². The van der Waals surface area contributed by atoms with E-state index in [1.807, 2.05) is 48.9 Å². The first-order valence-electron chi connectivity index (χ1n) is 7.17. The van der Waals surface area contributed by atoms with Gasteiger partial charge in [-0.1, -0.05) is 6.92 Å². The van der Waals surface area contributed by atoms with E-state index in [0.717, 1.165) is 22.2 Å². The highest BCUT2D eigenvalue weighted by Gasteiger charge is 2.11. The number of furan rings is 1. The average Bonchev–Trinajstić information content (AvgIpc) is 3.19. The number of rotatable bonds is 5. The summed E-state index contributed by atoms with van der Waals surface area (Å²) >= 11 is 1.51. The molecule has 0 aliphatic rings. The molecule has 0 fully saturated rings. The minimum Gasteiger partial charge on any atom is -0.456 e. The summed E-state index contributed by atoms with van der Waals surface area (Å²) in [5.41, 5.74) is 0.715. The summed E-state index contributed by atoms with van der Waals surface area (Å²) in [5, 5.41) is 11.5. The van der Waals surface area contributed by atoms with Crippen LogP contribution in [0.2, 0.25) is 0 Å². The summed E-state index contributed by atoms with van der Waals surface area (Å²) in [6.07, 6.45) is 2.42. The number of aromatic nitrogens is 3. The number of anilines is 1. The van der Waals surface area contributed by atoms with Crippen molar-refractivity contribution >= 4 is 23.4 Å². The quantitative estimate of drug-likeness (QED) is 0.777. The maximum absolute atomic E-state index is 12.1. The second-order valence-corrected chi connectivity index (χ2v) is 5.97. The summed E-state index contributed by atoms with van der Waals surface area (Å²) in [4.78, 5) is 13.1.